The van der Waals surface area contributed by atoms with E-state index in [0.717, 1.165) is 29.5 Å². The van der Waals surface area contributed by atoms with Crippen LogP contribution in [-0.4, -0.2) is 15.8 Å². The van der Waals surface area contributed by atoms with Crippen LogP contribution >= 0.6 is 22.9 Å². The fourth-order valence-electron chi connectivity index (χ4n) is 2.22. The number of thiophene rings is 1. The van der Waals surface area contributed by atoms with Crippen LogP contribution in [0.25, 0.3) is 10.1 Å². The number of halogens is 2. The van der Waals surface area contributed by atoms with Crippen LogP contribution in [0, 0.1) is 26.0 Å². The van der Waals surface area contributed by atoms with Crippen molar-refractivity contribution in [3.05, 3.63) is 72.3 Å². The van der Waals surface area contributed by atoms with Crippen molar-refractivity contribution in [1.82, 2.24) is 0 Å². The van der Waals surface area contributed by atoms with Crippen molar-refractivity contribution >= 4 is 56.0 Å². The lowest BCUT2D eigenvalue weighted by Crippen LogP contribution is -2.12. The number of carbonyl (C=O) groups excluding carboxylic acids is 1. The molecule has 11 heteroatoms. The zero-order chi connectivity index (χ0) is 19.0. The van der Waals surface area contributed by atoms with E-state index in [1.165, 1.54) is 18.2 Å². The number of nitrogens with one attached hydrogen (secondary N) is 1. The fourth-order valence-corrected chi connectivity index (χ4v) is 3.66. The molecule has 3 rings (SSSR count). The van der Waals surface area contributed by atoms with E-state index in [1.807, 2.05) is 0 Å². The van der Waals surface area contributed by atoms with Gasteiger partial charge in [0, 0.05) is 34.4 Å². The molecule has 1 heterocycles. The summed E-state index contributed by atoms with van der Waals surface area (Å²) in [7, 11) is 0. The van der Waals surface area contributed by atoms with Gasteiger partial charge in [-0.2, -0.15) is 0 Å². The summed E-state index contributed by atoms with van der Waals surface area (Å²) in [5.74, 6) is -1.63. The molecule has 3 aromatic rings. The molecule has 2 aromatic carbocycles. The molecule has 0 saturated heterocycles. The maximum Gasteiger partial charge on any atom is 0.271 e. The van der Waals surface area contributed by atoms with E-state index in [-0.39, 0.29) is 27.0 Å². The summed E-state index contributed by atoms with van der Waals surface area (Å²) in [6, 6.07) is 6.66. The van der Waals surface area contributed by atoms with Crippen LogP contribution in [0.5, 0.6) is 0 Å². The first-order chi connectivity index (χ1) is 12.3. The average molecular weight is 396 g/mol. The lowest BCUT2D eigenvalue weighted by Gasteiger charge is -2.05. The van der Waals surface area contributed by atoms with Crippen molar-refractivity contribution in [2.75, 3.05) is 5.32 Å². The Kier molecular flexibility index (Phi) is 4.53. The van der Waals surface area contributed by atoms with E-state index in [4.69, 9.17) is 11.6 Å². The van der Waals surface area contributed by atoms with Crippen molar-refractivity contribution in [1.29, 1.82) is 0 Å². The van der Waals surface area contributed by atoms with Gasteiger partial charge in [0.05, 0.1) is 20.6 Å². The number of rotatable bonds is 4. The molecule has 0 radical (unpaired) electrons. The van der Waals surface area contributed by atoms with Crippen molar-refractivity contribution in [2.45, 2.75) is 0 Å². The third kappa shape index (κ3) is 3.19. The number of benzene rings is 2. The Bertz CT molecular complexity index is 1080. The molecule has 1 N–H and O–H groups in total. The SMILES string of the molecule is O=C(Nc1cc([N+](=O)[O-])ccc1F)c1sc2cc([N+](=O)[O-])ccc2c1Cl. The van der Waals surface area contributed by atoms with E-state index in [0.29, 0.717) is 10.1 Å². The molecule has 1 aromatic heterocycles. The van der Waals surface area contributed by atoms with Gasteiger partial charge in [-0.3, -0.25) is 25.0 Å². The molecule has 132 valence electrons. The first-order valence-corrected chi connectivity index (χ1v) is 8.09. The predicted molar refractivity (Wildman–Crippen MR) is 94.5 cm³/mol. The number of hydrogen-bond acceptors (Lipinski definition) is 6. The van der Waals surface area contributed by atoms with Gasteiger partial charge in [-0.1, -0.05) is 11.6 Å². The number of nitro groups is 2. The minimum Gasteiger partial charge on any atom is -0.318 e. The summed E-state index contributed by atoms with van der Waals surface area (Å²) in [6.45, 7) is 0. The normalized spacial score (nSPS) is 10.7. The summed E-state index contributed by atoms with van der Waals surface area (Å²) >= 11 is 7.04. The highest BCUT2D eigenvalue weighted by Crippen LogP contribution is 2.37. The number of non-ortho nitro benzene ring substituents is 2. The zero-order valence-corrected chi connectivity index (χ0v) is 14.1. The van der Waals surface area contributed by atoms with E-state index >= 15 is 0 Å². The molecule has 0 bridgehead atoms. The number of hydrogen-bond donors (Lipinski definition) is 1. The Morgan fingerprint density at radius 3 is 2.35 bits per heavy atom. The molecule has 0 unspecified atom stereocenters. The molecule has 26 heavy (non-hydrogen) atoms. The highest BCUT2D eigenvalue weighted by atomic mass is 35.5. The van der Waals surface area contributed by atoms with Gasteiger partial charge >= 0.3 is 0 Å². The second-order valence-electron chi connectivity index (χ2n) is 5.06. The van der Waals surface area contributed by atoms with Crippen LogP contribution in [0.1, 0.15) is 9.67 Å². The minimum absolute atomic E-state index is 0.00747. The molecule has 8 nitrogen and oxygen atoms in total. The van der Waals surface area contributed by atoms with Crippen LogP contribution in [0.2, 0.25) is 5.02 Å². The highest BCUT2D eigenvalue weighted by Gasteiger charge is 2.21. The second-order valence-corrected chi connectivity index (χ2v) is 6.49. The Labute approximate surface area is 153 Å². The van der Waals surface area contributed by atoms with Gasteiger partial charge in [0.1, 0.15) is 10.7 Å². The zero-order valence-electron chi connectivity index (χ0n) is 12.6. The molecule has 0 aliphatic heterocycles. The summed E-state index contributed by atoms with van der Waals surface area (Å²) < 4.78 is 14.2. The van der Waals surface area contributed by atoms with Gasteiger partial charge < -0.3 is 5.32 Å². The van der Waals surface area contributed by atoms with Crippen LogP contribution in [-0.2, 0) is 0 Å². The minimum atomic E-state index is -0.850. The Hall–Kier alpha value is -3.11. The summed E-state index contributed by atoms with van der Waals surface area (Å²) in [5.41, 5.74) is -0.921. The van der Waals surface area contributed by atoms with Crippen molar-refractivity contribution < 1.29 is 19.0 Å². The highest BCUT2D eigenvalue weighted by molar-refractivity contribution is 7.21. The lowest BCUT2D eigenvalue weighted by molar-refractivity contribution is -0.384. The van der Waals surface area contributed by atoms with Gasteiger partial charge in [-0.25, -0.2) is 4.39 Å². The van der Waals surface area contributed by atoms with E-state index in [1.54, 1.807) is 0 Å². The first kappa shape index (κ1) is 17.7. The fraction of sp³-hybridized carbons (Fsp3) is 0. The summed E-state index contributed by atoms with van der Waals surface area (Å²) in [6.07, 6.45) is 0. The van der Waals surface area contributed by atoms with Crippen molar-refractivity contribution in [3.63, 3.8) is 0 Å². The Morgan fingerprint density at radius 2 is 1.69 bits per heavy atom. The third-order valence-corrected chi connectivity index (χ3v) is 5.10. The number of fused-ring (bicyclic) bond motifs is 1. The quantitative estimate of drug-likeness (QED) is 0.505. The molecule has 0 aliphatic rings. The molecular weight excluding hydrogens is 389 g/mol. The molecule has 0 aliphatic carbocycles. The molecule has 1 amide bonds. The van der Waals surface area contributed by atoms with Crippen molar-refractivity contribution in [2.24, 2.45) is 0 Å². The van der Waals surface area contributed by atoms with Gasteiger partial charge in [0.2, 0.25) is 0 Å². The monoisotopic (exact) mass is 395 g/mol. The summed E-state index contributed by atoms with van der Waals surface area (Å²) in [5, 5.41) is 24.3. The molecule has 0 spiro atoms. The smallest absolute Gasteiger partial charge is 0.271 e. The maximum absolute atomic E-state index is 13.8. The van der Waals surface area contributed by atoms with Crippen LogP contribution in [0.15, 0.2) is 36.4 Å². The van der Waals surface area contributed by atoms with E-state index < -0.39 is 21.6 Å². The molecule has 0 saturated carbocycles. The third-order valence-electron chi connectivity index (χ3n) is 3.44. The summed E-state index contributed by atoms with van der Waals surface area (Å²) in [4.78, 5) is 32.7. The lowest BCUT2D eigenvalue weighted by atomic mass is 10.2. The van der Waals surface area contributed by atoms with Gasteiger partial charge in [-0.15, -0.1) is 11.3 Å². The molecular formula is C15H7ClFN3O5S. The maximum atomic E-state index is 13.8. The largest absolute Gasteiger partial charge is 0.318 e. The van der Waals surface area contributed by atoms with Crippen LogP contribution in [0.4, 0.5) is 21.5 Å². The standard InChI is InChI=1S/C15H7ClFN3O5S/c16-13-9-3-1-8(20(24)25)6-12(9)26-14(13)15(21)18-11-5-7(19(22)23)2-4-10(11)17/h1-6H,(H,18,21). The number of nitro benzene ring substituents is 2. The Balaban J connectivity index is 1.98. The number of anilines is 1. The van der Waals surface area contributed by atoms with Gasteiger partial charge in [0.25, 0.3) is 17.3 Å². The van der Waals surface area contributed by atoms with Gasteiger partial charge in [-0.05, 0) is 12.1 Å². The molecule has 0 atom stereocenters. The van der Waals surface area contributed by atoms with Crippen LogP contribution in [0.3, 0.4) is 0 Å². The van der Waals surface area contributed by atoms with Crippen molar-refractivity contribution in [3.8, 4) is 0 Å². The topological polar surface area (TPSA) is 115 Å². The predicted octanol–water partition coefficient (Wildman–Crippen LogP) is 4.76. The van der Waals surface area contributed by atoms with E-state index in [2.05, 4.69) is 5.32 Å². The van der Waals surface area contributed by atoms with Crippen LogP contribution < -0.4 is 5.32 Å². The number of nitrogens with zero attached hydrogens (tertiary/aromatic N) is 2. The van der Waals surface area contributed by atoms with E-state index in [9.17, 15) is 29.4 Å². The Morgan fingerprint density at radius 1 is 1.08 bits per heavy atom. The molecule has 0 fully saturated rings. The second kappa shape index (κ2) is 6.65. The van der Waals surface area contributed by atoms with Gasteiger partial charge in [0.15, 0.2) is 0 Å². The number of amides is 1. The first-order valence-electron chi connectivity index (χ1n) is 6.89. The number of carbonyl (C=O) groups is 1. The average Bonchev–Trinajstić information content (AvgIpc) is 2.93.